The standard InChI is InChI=1S/C25H24O/c26-23-11-7-17(8-12-23)19-5-6-20(15-19)21-9-13-25-22(16-21)10-14-24(25)18-3-1-2-4-18/h6-16,18,24,26H,1-5H2. The lowest BCUT2D eigenvalue weighted by Crippen LogP contribution is -2.05. The first-order chi connectivity index (χ1) is 12.8. The minimum atomic E-state index is 0.322. The molecule has 1 heteroatoms. The van der Waals surface area contributed by atoms with E-state index in [-0.39, 0.29) is 0 Å². The van der Waals surface area contributed by atoms with Gasteiger partial charge in [0.05, 0.1) is 0 Å². The van der Waals surface area contributed by atoms with E-state index in [4.69, 9.17) is 0 Å². The van der Waals surface area contributed by atoms with Gasteiger partial charge in [-0.25, -0.2) is 0 Å². The van der Waals surface area contributed by atoms with Crippen LogP contribution in [-0.2, 0) is 0 Å². The molecular formula is C25H24O. The number of benzene rings is 2. The zero-order chi connectivity index (χ0) is 17.5. The van der Waals surface area contributed by atoms with Crippen LogP contribution in [0.2, 0.25) is 0 Å². The Balaban J connectivity index is 1.40. The van der Waals surface area contributed by atoms with Crippen LogP contribution in [0.15, 0.2) is 60.7 Å². The molecule has 1 N–H and O–H groups in total. The van der Waals surface area contributed by atoms with Gasteiger partial charge in [0, 0.05) is 5.92 Å². The molecule has 1 atom stereocenters. The van der Waals surface area contributed by atoms with Crippen molar-refractivity contribution in [1.82, 2.24) is 0 Å². The molecule has 3 aliphatic carbocycles. The summed E-state index contributed by atoms with van der Waals surface area (Å²) in [5.41, 5.74) is 8.08. The van der Waals surface area contributed by atoms with Gasteiger partial charge in [0.1, 0.15) is 5.75 Å². The first kappa shape index (κ1) is 15.7. The summed E-state index contributed by atoms with van der Waals surface area (Å²) in [5, 5.41) is 9.48. The highest BCUT2D eigenvalue weighted by molar-refractivity contribution is 5.90. The van der Waals surface area contributed by atoms with Gasteiger partial charge < -0.3 is 5.11 Å². The molecule has 2 aromatic rings. The molecule has 0 radical (unpaired) electrons. The van der Waals surface area contributed by atoms with E-state index in [0.29, 0.717) is 11.7 Å². The molecule has 130 valence electrons. The number of phenolic OH excluding ortho intramolecular Hbond substituents is 1. The van der Waals surface area contributed by atoms with Crippen molar-refractivity contribution in [1.29, 1.82) is 0 Å². The third-order valence-corrected chi connectivity index (χ3v) is 6.28. The highest BCUT2D eigenvalue weighted by Gasteiger charge is 2.28. The number of rotatable bonds is 3. The lowest BCUT2D eigenvalue weighted by molar-refractivity contribution is 0.475. The topological polar surface area (TPSA) is 20.2 Å². The monoisotopic (exact) mass is 340 g/mol. The van der Waals surface area contributed by atoms with E-state index in [1.807, 2.05) is 12.1 Å². The Kier molecular flexibility index (Phi) is 3.81. The third kappa shape index (κ3) is 2.72. The molecule has 26 heavy (non-hydrogen) atoms. The summed E-state index contributed by atoms with van der Waals surface area (Å²) in [4.78, 5) is 0. The summed E-state index contributed by atoms with van der Waals surface area (Å²) in [6.07, 6.45) is 15.9. The Bertz CT molecular complexity index is 921. The number of allylic oxidation sites excluding steroid dienone is 5. The molecular weight excluding hydrogens is 316 g/mol. The van der Waals surface area contributed by atoms with Crippen LogP contribution in [0.5, 0.6) is 5.75 Å². The fourth-order valence-electron chi connectivity index (χ4n) is 4.84. The zero-order valence-electron chi connectivity index (χ0n) is 15.0. The van der Waals surface area contributed by atoms with E-state index in [1.165, 1.54) is 59.1 Å². The molecule has 1 unspecified atom stereocenters. The highest BCUT2D eigenvalue weighted by Crippen LogP contribution is 2.44. The van der Waals surface area contributed by atoms with Gasteiger partial charge in [0.25, 0.3) is 0 Å². The van der Waals surface area contributed by atoms with E-state index in [0.717, 1.165) is 12.3 Å². The van der Waals surface area contributed by atoms with Gasteiger partial charge >= 0.3 is 0 Å². The summed E-state index contributed by atoms with van der Waals surface area (Å²) < 4.78 is 0. The predicted molar refractivity (Wildman–Crippen MR) is 109 cm³/mol. The largest absolute Gasteiger partial charge is 0.508 e. The van der Waals surface area contributed by atoms with Gasteiger partial charge in [0.2, 0.25) is 0 Å². The number of hydrogen-bond acceptors (Lipinski definition) is 1. The van der Waals surface area contributed by atoms with Crippen LogP contribution in [0.1, 0.15) is 60.3 Å². The van der Waals surface area contributed by atoms with Gasteiger partial charge in [-0.1, -0.05) is 61.4 Å². The molecule has 0 heterocycles. The number of aromatic hydroxyl groups is 1. The van der Waals surface area contributed by atoms with Crippen molar-refractivity contribution >= 4 is 17.2 Å². The highest BCUT2D eigenvalue weighted by atomic mass is 16.3. The van der Waals surface area contributed by atoms with E-state index < -0.39 is 0 Å². The third-order valence-electron chi connectivity index (χ3n) is 6.28. The number of phenols is 1. The maximum absolute atomic E-state index is 9.48. The maximum Gasteiger partial charge on any atom is 0.115 e. The van der Waals surface area contributed by atoms with Crippen LogP contribution in [0.25, 0.3) is 17.2 Å². The summed E-state index contributed by atoms with van der Waals surface area (Å²) in [6, 6.07) is 14.5. The SMILES string of the molecule is Oc1ccc(C2=CC(c3ccc4c(c3)C=CC4C3CCCC3)=CC2)cc1. The normalized spacial score (nSPS) is 21.8. The van der Waals surface area contributed by atoms with Crippen molar-refractivity contribution in [3.63, 3.8) is 0 Å². The Labute approximate surface area is 155 Å². The second kappa shape index (κ2) is 6.32. The zero-order valence-corrected chi connectivity index (χ0v) is 15.0. The van der Waals surface area contributed by atoms with Crippen LogP contribution in [-0.4, -0.2) is 5.11 Å². The van der Waals surface area contributed by atoms with E-state index in [9.17, 15) is 5.11 Å². The Morgan fingerprint density at radius 3 is 2.46 bits per heavy atom. The minimum absolute atomic E-state index is 0.322. The molecule has 5 rings (SSSR count). The van der Waals surface area contributed by atoms with Gasteiger partial charge in [-0.05, 0) is 76.8 Å². The Hall–Kier alpha value is -2.54. The van der Waals surface area contributed by atoms with Crippen molar-refractivity contribution in [3.05, 3.63) is 82.9 Å². The molecule has 3 aliphatic rings. The average Bonchev–Trinajstić information content (AvgIpc) is 3.41. The smallest absolute Gasteiger partial charge is 0.115 e. The number of hydrogen-bond donors (Lipinski definition) is 1. The van der Waals surface area contributed by atoms with Crippen molar-refractivity contribution in [3.8, 4) is 5.75 Å². The predicted octanol–water partition coefficient (Wildman–Crippen LogP) is 6.56. The summed E-state index contributed by atoms with van der Waals surface area (Å²) in [6.45, 7) is 0. The molecule has 1 nitrogen and oxygen atoms in total. The second-order valence-electron chi connectivity index (χ2n) is 7.85. The average molecular weight is 340 g/mol. The molecule has 0 saturated heterocycles. The van der Waals surface area contributed by atoms with Crippen LogP contribution in [0.4, 0.5) is 0 Å². The van der Waals surface area contributed by atoms with Gasteiger partial charge in [-0.3, -0.25) is 0 Å². The molecule has 2 aromatic carbocycles. The molecule has 0 amide bonds. The van der Waals surface area contributed by atoms with Crippen LogP contribution in [0.3, 0.4) is 0 Å². The second-order valence-corrected chi connectivity index (χ2v) is 7.85. The van der Waals surface area contributed by atoms with Crippen molar-refractivity contribution in [2.45, 2.75) is 38.0 Å². The molecule has 0 spiro atoms. The fourth-order valence-corrected chi connectivity index (χ4v) is 4.84. The van der Waals surface area contributed by atoms with Gasteiger partial charge in [-0.15, -0.1) is 0 Å². The summed E-state index contributed by atoms with van der Waals surface area (Å²) in [5.74, 6) is 1.81. The molecule has 0 aromatic heterocycles. The fraction of sp³-hybridized carbons (Fsp3) is 0.280. The summed E-state index contributed by atoms with van der Waals surface area (Å²) >= 11 is 0. The maximum atomic E-state index is 9.48. The van der Waals surface area contributed by atoms with Gasteiger partial charge in [0.15, 0.2) is 0 Å². The van der Waals surface area contributed by atoms with Crippen LogP contribution < -0.4 is 0 Å². The summed E-state index contributed by atoms with van der Waals surface area (Å²) in [7, 11) is 0. The van der Waals surface area contributed by atoms with Crippen molar-refractivity contribution < 1.29 is 5.11 Å². The quantitative estimate of drug-likeness (QED) is 0.670. The van der Waals surface area contributed by atoms with E-state index in [2.05, 4.69) is 42.5 Å². The minimum Gasteiger partial charge on any atom is -0.508 e. The van der Waals surface area contributed by atoms with Crippen LogP contribution >= 0.6 is 0 Å². The van der Waals surface area contributed by atoms with E-state index in [1.54, 1.807) is 12.1 Å². The Morgan fingerprint density at radius 2 is 1.65 bits per heavy atom. The van der Waals surface area contributed by atoms with Crippen molar-refractivity contribution in [2.24, 2.45) is 5.92 Å². The van der Waals surface area contributed by atoms with Gasteiger partial charge in [-0.2, -0.15) is 0 Å². The first-order valence-corrected chi connectivity index (χ1v) is 9.80. The number of fused-ring (bicyclic) bond motifs is 1. The first-order valence-electron chi connectivity index (χ1n) is 9.80. The lowest BCUT2D eigenvalue weighted by atomic mass is 9.86. The molecule has 0 aliphatic heterocycles. The van der Waals surface area contributed by atoms with Crippen LogP contribution in [0, 0.1) is 5.92 Å². The lowest BCUT2D eigenvalue weighted by Gasteiger charge is -2.18. The van der Waals surface area contributed by atoms with E-state index >= 15 is 0 Å². The molecule has 1 fully saturated rings. The molecule has 1 saturated carbocycles. The molecule has 0 bridgehead atoms. The Morgan fingerprint density at radius 1 is 0.885 bits per heavy atom. The van der Waals surface area contributed by atoms with Crippen molar-refractivity contribution in [2.75, 3.05) is 0 Å².